The standard InChI is InChI=1S/C32H32N4O4/c1-19-11-7-9-15-23(19)34-30(38)27-25(37)17-32(3,40)28(31(39)35-24-16-10-8-12-20(24)2)26(27)22-18-33-36-29(22)21-13-5-4-6-14-21/h4-16,18,26-28,40H,17H2,1-3H3,(H,33,36)(H,34,38)(H,35,39)/t26-,27+,28-,32-/m0/s1. The predicted molar refractivity (Wildman–Crippen MR) is 154 cm³/mol. The number of para-hydroxylation sites is 2. The van der Waals surface area contributed by atoms with Crippen LogP contribution >= 0.6 is 0 Å². The van der Waals surface area contributed by atoms with Gasteiger partial charge in [0, 0.05) is 29.3 Å². The van der Waals surface area contributed by atoms with E-state index in [0.717, 1.165) is 16.7 Å². The van der Waals surface area contributed by atoms with Crippen LogP contribution in [0.1, 0.15) is 36.0 Å². The molecule has 3 aromatic carbocycles. The summed E-state index contributed by atoms with van der Waals surface area (Å²) in [4.78, 5) is 41.6. The monoisotopic (exact) mass is 536 g/mol. The van der Waals surface area contributed by atoms with Crippen molar-refractivity contribution < 1.29 is 19.5 Å². The molecule has 4 N–H and O–H groups in total. The Hall–Kier alpha value is -4.56. The second-order valence-corrected chi connectivity index (χ2v) is 10.7. The van der Waals surface area contributed by atoms with Crippen LogP contribution in [0.15, 0.2) is 85.1 Å². The Bertz CT molecular complexity index is 1560. The molecule has 0 aliphatic heterocycles. The predicted octanol–water partition coefficient (Wildman–Crippen LogP) is 5.01. The SMILES string of the molecule is Cc1ccccc1NC(=O)[C@@H]1C(=O)C[C@](C)(O)[C@H](C(=O)Nc2ccccc2C)[C@H]1c1cn[nH]c1-c1ccccc1. The number of nitrogens with zero attached hydrogens (tertiary/aromatic N) is 1. The van der Waals surface area contributed by atoms with E-state index in [9.17, 15) is 19.5 Å². The van der Waals surface area contributed by atoms with Gasteiger partial charge in [0.05, 0.1) is 23.4 Å². The van der Waals surface area contributed by atoms with E-state index in [1.165, 1.54) is 6.92 Å². The largest absolute Gasteiger partial charge is 0.389 e. The van der Waals surface area contributed by atoms with E-state index in [1.54, 1.807) is 24.4 Å². The maximum absolute atomic E-state index is 14.0. The van der Waals surface area contributed by atoms with Crippen LogP contribution in [0.4, 0.5) is 11.4 Å². The lowest BCUT2D eigenvalue weighted by molar-refractivity contribution is -0.150. The maximum atomic E-state index is 14.0. The van der Waals surface area contributed by atoms with Crippen LogP contribution in [-0.2, 0) is 14.4 Å². The van der Waals surface area contributed by atoms with Gasteiger partial charge in [-0.15, -0.1) is 0 Å². The summed E-state index contributed by atoms with van der Waals surface area (Å²) in [5, 5.41) is 24.7. The molecule has 4 atom stereocenters. The lowest BCUT2D eigenvalue weighted by Crippen LogP contribution is -2.56. The van der Waals surface area contributed by atoms with E-state index in [4.69, 9.17) is 0 Å². The minimum atomic E-state index is -1.72. The lowest BCUT2D eigenvalue weighted by Gasteiger charge is -2.44. The van der Waals surface area contributed by atoms with Crippen molar-refractivity contribution in [2.24, 2.45) is 11.8 Å². The zero-order valence-electron chi connectivity index (χ0n) is 22.6. The van der Waals surface area contributed by atoms with Crippen molar-refractivity contribution in [3.05, 3.63) is 102 Å². The smallest absolute Gasteiger partial charge is 0.235 e. The number of amides is 2. The molecule has 0 unspecified atom stereocenters. The number of carbonyl (C=O) groups is 3. The highest BCUT2D eigenvalue weighted by molar-refractivity contribution is 6.11. The molecule has 4 aromatic rings. The first-order valence-corrected chi connectivity index (χ1v) is 13.2. The van der Waals surface area contributed by atoms with Crippen LogP contribution < -0.4 is 10.6 Å². The summed E-state index contributed by atoms with van der Waals surface area (Å²) in [5.74, 6) is -4.84. The second-order valence-electron chi connectivity index (χ2n) is 10.7. The number of hydrogen-bond acceptors (Lipinski definition) is 5. The van der Waals surface area contributed by atoms with E-state index in [1.807, 2.05) is 74.5 Å². The zero-order valence-corrected chi connectivity index (χ0v) is 22.6. The van der Waals surface area contributed by atoms with Gasteiger partial charge in [-0.3, -0.25) is 19.5 Å². The number of carbonyl (C=O) groups excluding carboxylic acids is 3. The van der Waals surface area contributed by atoms with E-state index in [-0.39, 0.29) is 6.42 Å². The minimum absolute atomic E-state index is 0.347. The molecule has 8 heteroatoms. The molecule has 5 rings (SSSR count). The summed E-state index contributed by atoms with van der Waals surface area (Å²) in [6, 6.07) is 24.0. The molecule has 0 bridgehead atoms. The van der Waals surface area contributed by atoms with Gasteiger partial charge in [0.1, 0.15) is 11.7 Å². The third-order valence-electron chi connectivity index (χ3n) is 7.73. The Morgan fingerprint density at radius 1 is 0.875 bits per heavy atom. The van der Waals surface area contributed by atoms with Crippen LogP contribution in [-0.4, -0.2) is 38.5 Å². The number of aromatic nitrogens is 2. The second kappa shape index (κ2) is 10.9. The molecule has 0 radical (unpaired) electrons. The van der Waals surface area contributed by atoms with Gasteiger partial charge < -0.3 is 15.7 Å². The number of nitrogens with one attached hydrogen (secondary N) is 3. The Kier molecular flexibility index (Phi) is 7.36. The highest BCUT2D eigenvalue weighted by Gasteiger charge is 2.56. The summed E-state index contributed by atoms with van der Waals surface area (Å²) in [6.45, 7) is 5.22. The van der Waals surface area contributed by atoms with Crippen molar-refractivity contribution in [2.45, 2.75) is 38.7 Å². The number of aliphatic hydroxyl groups is 1. The first kappa shape index (κ1) is 27.0. The molecule has 1 heterocycles. The van der Waals surface area contributed by atoms with E-state index < -0.39 is 41.0 Å². The van der Waals surface area contributed by atoms with Gasteiger partial charge >= 0.3 is 0 Å². The van der Waals surface area contributed by atoms with Crippen molar-refractivity contribution in [3.63, 3.8) is 0 Å². The van der Waals surface area contributed by atoms with Crippen molar-refractivity contribution >= 4 is 29.0 Å². The number of rotatable bonds is 6. The summed E-state index contributed by atoms with van der Waals surface area (Å²) in [6.07, 6.45) is 1.20. The molecule has 8 nitrogen and oxygen atoms in total. The van der Waals surface area contributed by atoms with E-state index in [0.29, 0.717) is 22.6 Å². The summed E-state index contributed by atoms with van der Waals surface area (Å²) in [7, 11) is 0. The van der Waals surface area contributed by atoms with Gasteiger partial charge in [-0.05, 0) is 49.6 Å². The fourth-order valence-electron chi connectivity index (χ4n) is 5.70. The molecule has 0 spiro atoms. The zero-order chi connectivity index (χ0) is 28.4. The molecule has 0 saturated heterocycles. The normalized spacial score (nSPS) is 22.5. The Morgan fingerprint density at radius 2 is 1.43 bits per heavy atom. The van der Waals surface area contributed by atoms with Crippen LogP contribution in [0.5, 0.6) is 0 Å². The fourth-order valence-corrected chi connectivity index (χ4v) is 5.70. The highest BCUT2D eigenvalue weighted by atomic mass is 16.3. The number of aromatic amines is 1. The minimum Gasteiger partial charge on any atom is -0.389 e. The van der Waals surface area contributed by atoms with Crippen LogP contribution in [0.25, 0.3) is 11.3 Å². The van der Waals surface area contributed by atoms with Gasteiger partial charge in [-0.25, -0.2) is 0 Å². The number of benzene rings is 3. The Morgan fingerprint density at radius 3 is 2.02 bits per heavy atom. The van der Waals surface area contributed by atoms with Crippen molar-refractivity contribution in [3.8, 4) is 11.3 Å². The third-order valence-corrected chi connectivity index (χ3v) is 7.73. The fraction of sp³-hybridized carbons (Fsp3) is 0.250. The van der Waals surface area contributed by atoms with Gasteiger partial charge in [0.15, 0.2) is 0 Å². The summed E-state index contributed by atoms with van der Waals surface area (Å²) in [5.41, 5.74) is 3.00. The maximum Gasteiger partial charge on any atom is 0.235 e. The van der Waals surface area contributed by atoms with E-state index >= 15 is 0 Å². The number of hydrogen-bond donors (Lipinski definition) is 4. The highest BCUT2D eigenvalue weighted by Crippen LogP contribution is 2.48. The molecule has 1 fully saturated rings. The van der Waals surface area contributed by atoms with E-state index in [2.05, 4.69) is 20.8 Å². The number of aryl methyl sites for hydroxylation is 2. The van der Waals surface area contributed by atoms with Crippen molar-refractivity contribution in [1.82, 2.24) is 10.2 Å². The van der Waals surface area contributed by atoms with Gasteiger partial charge in [0.2, 0.25) is 11.8 Å². The topological polar surface area (TPSA) is 124 Å². The molecular weight excluding hydrogens is 504 g/mol. The van der Waals surface area contributed by atoms with Gasteiger partial charge in [0.25, 0.3) is 0 Å². The average molecular weight is 537 g/mol. The molecule has 1 aliphatic carbocycles. The van der Waals surface area contributed by atoms with Crippen LogP contribution in [0.3, 0.4) is 0 Å². The van der Waals surface area contributed by atoms with Crippen molar-refractivity contribution in [2.75, 3.05) is 10.6 Å². The Balaban J connectivity index is 1.63. The number of Topliss-reactive ketones (excluding diaryl/α,β-unsaturated/α-hetero) is 1. The lowest BCUT2D eigenvalue weighted by atomic mass is 9.61. The molecular formula is C32H32N4O4. The van der Waals surface area contributed by atoms with Gasteiger partial charge in [-0.2, -0.15) is 5.10 Å². The molecule has 204 valence electrons. The molecule has 2 amide bonds. The number of H-pyrrole nitrogens is 1. The summed E-state index contributed by atoms with van der Waals surface area (Å²) >= 11 is 0. The first-order valence-electron chi connectivity index (χ1n) is 13.2. The van der Waals surface area contributed by atoms with Crippen LogP contribution in [0.2, 0.25) is 0 Å². The number of ketones is 1. The first-order chi connectivity index (χ1) is 19.2. The molecule has 1 saturated carbocycles. The third kappa shape index (κ3) is 5.18. The van der Waals surface area contributed by atoms with Crippen LogP contribution in [0, 0.1) is 25.7 Å². The molecule has 40 heavy (non-hydrogen) atoms. The quantitative estimate of drug-likeness (QED) is 0.258. The van der Waals surface area contributed by atoms with Gasteiger partial charge in [-0.1, -0.05) is 66.7 Å². The molecule has 1 aliphatic rings. The summed E-state index contributed by atoms with van der Waals surface area (Å²) < 4.78 is 0. The number of anilines is 2. The van der Waals surface area contributed by atoms with Crippen molar-refractivity contribution in [1.29, 1.82) is 0 Å². The molecule has 1 aromatic heterocycles. The average Bonchev–Trinajstić information content (AvgIpc) is 3.40. The Labute approximate surface area is 232 Å².